The highest BCUT2D eigenvalue weighted by Crippen LogP contribution is 2.33. The summed E-state index contributed by atoms with van der Waals surface area (Å²) in [5, 5.41) is 2.95. The van der Waals surface area contributed by atoms with E-state index < -0.39 is 63.4 Å². The van der Waals surface area contributed by atoms with E-state index in [-0.39, 0.29) is 30.6 Å². The third kappa shape index (κ3) is 6.94. The molecule has 14 heteroatoms. The van der Waals surface area contributed by atoms with Crippen LogP contribution in [0.2, 0.25) is 10.0 Å². The summed E-state index contributed by atoms with van der Waals surface area (Å²) in [6, 6.07) is 15.8. The van der Waals surface area contributed by atoms with Crippen molar-refractivity contribution in [1.82, 2.24) is 19.4 Å². The van der Waals surface area contributed by atoms with Gasteiger partial charge in [-0.3, -0.25) is 9.59 Å². The first-order valence-electron chi connectivity index (χ1n) is 14.2. The van der Waals surface area contributed by atoms with Crippen LogP contribution in [0.25, 0.3) is 0 Å². The lowest BCUT2D eigenvalue weighted by Gasteiger charge is -2.54. The van der Waals surface area contributed by atoms with Crippen molar-refractivity contribution in [3.05, 3.63) is 99.8 Å². The Labute approximate surface area is 270 Å². The highest BCUT2D eigenvalue weighted by molar-refractivity contribution is 7.89. The van der Waals surface area contributed by atoms with Crippen molar-refractivity contribution in [1.29, 1.82) is 0 Å². The van der Waals surface area contributed by atoms with Crippen LogP contribution < -0.4 is 5.32 Å². The highest BCUT2D eigenvalue weighted by atomic mass is 35.5. The molecule has 2 aliphatic rings. The smallest absolute Gasteiger partial charge is 0.408 e. The Balaban J connectivity index is 1.54. The normalized spacial score (nSPS) is 20.7. The third-order valence-corrected chi connectivity index (χ3v) is 10.2. The van der Waals surface area contributed by atoms with Gasteiger partial charge in [0.1, 0.15) is 35.6 Å². The first-order valence-corrected chi connectivity index (χ1v) is 16.4. The Morgan fingerprint density at radius 3 is 2.27 bits per heavy atom. The summed E-state index contributed by atoms with van der Waals surface area (Å²) in [4.78, 5) is 42.9. The molecule has 0 radical (unpaired) electrons. The number of nitrogens with zero attached hydrogens (tertiary/aromatic N) is 3. The van der Waals surface area contributed by atoms with Gasteiger partial charge in [-0.1, -0.05) is 65.7 Å². The number of carbonyl (C=O) groups is 3. The predicted molar refractivity (Wildman–Crippen MR) is 165 cm³/mol. The molecule has 238 valence electrons. The van der Waals surface area contributed by atoms with Crippen LogP contribution in [-0.2, 0) is 37.4 Å². The van der Waals surface area contributed by atoms with E-state index >= 15 is 4.39 Å². The maximum absolute atomic E-state index is 15.1. The van der Waals surface area contributed by atoms with Gasteiger partial charge in [-0.2, -0.15) is 4.31 Å². The number of rotatable bonds is 8. The number of nitrogens with one attached hydrogen (secondary N) is 1. The van der Waals surface area contributed by atoms with Gasteiger partial charge < -0.3 is 19.9 Å². The molecule has 2 saturated heterocycles. The molecule has 2 fully saturated rings. The Bertz CT molecular complexity index is 1690. The van der Waals surface area contributed by atoms with Crippen LogP contribution in [0, 0.1) is 5.82 Å². The van der Waals surface area contributed by atoms with Crippen LogP contribution >= 0.6 is 23.2 Å². The molecular formula is C31H31Cl2FN4O6S. The standard InChI is InChI=1S/C31H31Cl2FN4O6S/c1-19(2)36-17-28-37(45(42,43)27-13-12-23(33)15-24(27)34)16-25(35-31(41)44-18-21-6-4-3-5-7-21)29(39)38(28)26(30(36)40)14-20-8-10-22(32)11-9-20/h3-13,15,19,25-26,28H,14,16-18H2,1-2H3,(H,35,41). The summed E-state index contributed by atoms with van der Waals surface area (Å²) in [5.74, 6) is -2.15. The minimum Gasteiger partial charge on any atom is -0.445 e. The molecule has 3 amide bonds. The van der Waals surface area contributed by atoms with Crippen LogP contribution in [0.3, 0.4) is 0 Å². The molecule has 10 nitrogen and oxygen atoms in total. The topological polar surface area (TPSA) is 116 Å². The van der Waals surface area contributed by atoms with Crippen molar-refractivity contribution in [2.75, 3.05) is 13.1 Å². The van der Waals surface area contributed by atoms with E-state index in [1.165, 1.54) is 15.9 Å². The number of benzene rings is 3. The van der Waals surface area contributed by atoms with E-state index in [1.54, 1.807) is 68.4 Å². The number of ether oxygens (including phenoxy) is 1. The van der Waals surface area contributed by atoms with Crippen molar-refractivity contribution in [2.24, 2.45) is 0 Å². The molecule has 0 aliphatic carbocycles. The van der Waals surface area contributed by atoms with Gasteiger partial charge in [-0.05, 0) is 55.3 Å². The van der Waals surface area contributed by atoms with E-state index in [1.807, 2.05) is 0 Å². The Kier molecular flexibility index (Phi) is 9.68. The first kappa shape index (κ1) is 32.7. The van der Waals surface area contributed by atoms with Crippen molar-refractivity contribution in [2.45, 2.75) is 56.1 Å². The summed E-state index contributed by atoms with van der Waals surface area (Å²) in [5.41, 5.74) is 1.37. The Morgan fingerprint density at radius 1 is 0.956 bits per heavy atom. The molecule has 0 spiro atoms. The zero-order valence-corrected chi connectivity index (χ0v) is 26.7. The van der Waals surface area contributed by atoms with Crippen molar-refractivity contribution < 1.29 is 31.9 Å². The largest absolute Gasteiger partial charge is 0.445 e. The minimum absolute atomic E-state index is 0.000113. The second-order valence-electron chi connectivity index (χ2n) is 11.1. The monoisotopic (exact) mass is 676 g/mol. The van der Waals surface area contributed by atoms with Crippen molar-refractivity contribution >= 4 is 51.1 Å². The second-order valence-corrected chi connectivity index (χ2v) is 13.8. The van der Waals surface area contributed by atoms with Crippen LogP contribution in [0.4, 0.5) is 9.18 Å². The molecule has 1 N–H and O–H groups in total. The molecule has 3 unspecified atom stereocenters. The number of carbonyl (C=O) groups excluding carboxylic acids is 3. The number of halogens is 3. The predicted octanol–water partition coefficient (Wildman–Crippen LogP) is 4.45. The van der Waals surface area contributed by atoms with Gasteiger partial charge in [-0.25, -0.2) is 17.6 Å². The van der Waals surface area contributed by atoms with Crippen LogP contribution in [-0.4, -0.2) is 77.8 Å². The van der Waals surface area contributed by atoms with Crippen molar-refractivity contribution in [3.63, 3.8) is 0 Å². The number of amides is 3. The maximum atomic E-state index is 15.1. The average Bonchev–Trinajstić information content (AvgIpc) is 2.99. The number of alkyl carbamates (subject to hydrolysis) is 1. The lowest BCUT2D eigenvalue weighted by Crippen LogP contribution is -2.76. The minimum atomic E-state index is -4.64. The zero-order chi connectivity index (χ0) is 32.5. The van der Waals surface area contributed by atoms with Crippen LogP contribution in [0.5, 0.6) is 0 Å². The van der Waals surface area contributed by atoms with Crippen molar-refractivity contribution in [3.8, 4) is 0 Å². The van der Waals surface area contributed by atoms with E-state index in [9.17, 15) is 22.8 Å². The first-order chi connectivity index (χ1) is 21.4. The summed E-state index contributed by atoms with van der Waals surface area (Å²) in [6.07, 6.45) is -2.13. The molecule has 3 aromatic carbocycles. The highest BCUT2D eigenvalue weighted by Gasteiger charge is 2.54. The molecule has 2 heterocycles. The number of hydrogen-bond acceptors (Lipinski definition) is 6. The Hall–Kier alpha value is -3.71. The molecule has 3 aromatic rings. The molecule has 5 rings (SSSR count). The van der Waals surface area contributed by atoms with Gasteiger partial charge in [0.05, 0.1) is 6.54 Å². The molecule has 45 heavy (non-hydrogen) atoms. The maximum Gasteiger partial charge on any atom is 0.408 e. The van der Waals surface area contributed by atoms with Gasteiger partial charge in [0.25, 0.3) is 0 Å². The number of hydrogen-bond donors (Lipinski definition) is 1. The quantitative estimate of drug-likeness (QED) is 0.377. The second kappa shape index (κ2) is 13.3. The lowest BCUT2D eigenvalue weighted by atomic mass is 9.96. The molecule has 0 bridgehead atoms. The molecule has 3 atom stereocenters. The van der Waals surface area contributed by atoms with Gasteiger partial charge in [0.15, 0.2) is 0 Å². The van der Waals surface area contributed by atoms with Crippen LogP contribution in [0.1, 0.15) is 25.0 Å². The number of fused-ring (bicyclic) bond motifs is 1. The van der Waals surface area contributed by atoms with Gasteiger partial charge in [0, 0.05) is 29.1 Å². The SMILES string of the molecule is CC(C)N1CC2N(C(=O)C(NC(=O)OCc3ccccc3)CN2S(=O)(=O)c2ccc(Cl)cc2F)C(Cc2ccc(Cl)cc2)C1=O. The van der Waals surface area contributed by atoms with Gasteiger partial charge in [0.2, 0.25) is 21.8 Å². The molecule has 0 saturated carbocycles. The third-order valence-electron chi connectivity index (χ3n) is 7.78. The van der Waals surface area contributed by atoms with Gasteiger partial charge in [-0.15, -0.1) is 0 Å². The summed E-state index contributed by atoms with van der Waals surface area (Å²) < 4.78 is 49.6. The zero-order valence-electron chi connectivity index (χ0n) is 24.4. The molecule has 2 aliphatic heterocycles. The summed E-state index contributed by atoms with van der Waals surface area (Å²) in [7, 11) is -4.64. The summed E-state index contributed by atoms with van der Waals surface area (Å²) >= 11 is 12.0. The van der Waals surface area contributed by atoms with Gasteiger partial charge >= 0.3 is 6.09 Å². The van der Waals surface area contributed by atoms with E-state index in [4.69, 9.17) is 27.9 Å². The lowest BCUT2D eigenvalue weighted by molar-refractivity contribution is -0.168. The molecular weight excluding hydrogens is 646 g/mol. The van der Waals surface area contributed by atoms with Crippen LogP contribution in [0.15, 0.2) is 77.7 Å². The Morgan fingerprint density at radius 2 is 1.62 bits per heavy atom. The van der Waals surface area contributed by atoms with E-state index in [2.05, 4.69) is 5.32 Å². The molecule has 0 aromatic heterocycles. The number of piperazine rings is 1. The van der Waals surface area contributed by atoms with E-state index in [0.29, 0.717) is 16.1 Å². The fourth-order valence-electron chi connectivity index (χ4n) is 5.54. The fourth-order valence-corrected chi connectivity index (χ4v) is 7.46. The van der Waals surface area contributed by atoms with E-state index in [0.717, 1.165) is 16.4 Å². The summed E-state index contributed by atoms with van der Waals surface area (Å²) in [6.45, 7) is 2.77. The fraction of sp³-hybridized carbons (Fsp3) is 0.323. The number of sulfonamides is 1. The average molecular weight is 678 g/mol.